The number of aromatic nitrogens is 4. The van der Waals surface area contributed by atoms with Crippen LogP contribution in [0.5, 0.6) is 0 Å². The van der Waals surface area contributed by atoms with Crippen LogP contribution in [0.2, 0.25) is 0 Å². The summed E-state index contributed by atoms with van der Waals surface area (Å²) in [5.41, 5.74) is 3.52. The second kappa shape index (κ2) is 9.31. The number of ether oxygens (including phenoxy) is 1. The molecule has 10 nitrogen and oxygen atoms in total. The summed E-state index contributed by atoms with van der Waals surface area (Å²) >= 11 is 0. The third kappa shape index (κ3) is 4.04. The lowest BCUT2D eigenvalue weighted by Gasteiger charge is -2.27. The van der Waals surface area contributed by atoms with Crippen molar-refractivity contribution in [3.8, 4) is 11.4 Å². The molecule has 0 spiro atoms. The third-order valence-corrected chi connectivity index (χ3v) is 6.68. The molecule has 0 atom stereocenters. The van der Waals surface area contributed by atoms with Gasteiger partial charge in [0.15, 0.2) is 5.82 Å². The minimum Gasteiger partial charge on any atom is -0.378 e. The molecule has 4 heterocycles. The molecular weight excluding hydrogens is 484 g/mol. The lowest BCUT2D eigenvalue weighted by molar-refractivity contribution is -0.116. The Morgan fingerprint density at radius 1 is 1.03 bits per heavy atom. The molecule has 1 fully saturated rings. The summed E-state index contributed by atoms with van der Waals surface area (Å²) in [4.78, 5) is 51.3. The first-order valence-corrected chi connectivity index (χ1v) is 12.2. The van der Waals surface area contributed by atoms with Crippen molar-refractivity contribution >= 4 is 40.3 Å². The molecule has 6 rings (SSSR count). The first-order valence-electron chi connectivity index (χ1n) is 12.2. The molecule has 10 heteroatoms. The molecule has 0 bridgehead atoms. The molecule has 2 amide bonds. The minimum absolute atomic E-state index is 0.0762. The molecule has 0 saturated carbocycles. The molecule has 190 valence electrons. The van der Waals surface area contributed by atoms with E-state index in [-0.39, 0.29) is 23.3 Å². The fourth-order valence-corrected chi connectivity index (χ4v) is 4.89. The first kappa shape index (κ1) is 23.7. The Labute approximate surface area is 218 Å². The average molecular weight is 509 g/mol. The number of allylic oxidation sites excluding steroid dienone is 1. The molecule has 0 aliphatic carbocycles. The van der Waals surface area contributed by atoms with Gasteiger partial charge in [0.2, 0.25) is 11.7 Å². The van der Waals surface area contributed by atoms with Crippen molar-refractivity contribution < 1.29 is 19.1 Å². The van der Waals surface area contributed by atoms with Gasteiger partial charge in [0.25, 0.3) is 5.91 Å². The zero-order valence-corrected chi connectivity index (χ0v) is 20.9. The molecule has 38 heavy (non-hydrogen) atoms. The number of fused-ring (bicyclic) bond motifs is 2. The van der Waals surface area contributed by atoms with E-state index in [9.17, 15) is 14.4 Å². The number of hydrogen-bond acceptors (Lipinski definition) is 7. The summed E-state index contributed by atoms with van der Waals surface area (Å²) in [7, 11) is 1.77. The van der Waals surface area contributed by atoms with Gasteiger partial charge in [0, 0.05) is 49.1 Å². The Hall–Kier alpha value is -4.70. The summed E-state index contributed by atoms with van der Waals surface area (Å²) in [5, 5.41) is 5.18. The molecule has 4 aromatic rings. The van der Waals surface area contributed by atoms with Gasteiger partial charge in [0.1, 0.15) is 6.33 Å². The minimum atomic E-state index is -0.270. The number of ketones is 1. The van der Waals surface area contributed by atoms with E-state index in [0.717, 1.165) is 0 Å². The Morgan fingerprint density at radius 2 is 1.82 bits per heavy atom. The van der Waals surface area contributed by atoms with Crippen LogP contribution < -0.4 is 4.90 Å². The molecule has 2 aliphatic heterocycles. The number of rotatable bonds is 3. The molecule has 2 aromatic heterocycles. The largest absolute Gasteiger partial charge is 0.378 e. The fraction of sp³-hybridized carbons (Fsp3) is 0.214. The van der Waals surface area contributed by atoms with Crippen molar-refractivity contribution in [2.24, 2.45) is 7.05 Å². The van der Waals surface area contributed by atoms with Crippen LogP contribution in [0.4, 0.5) is 5.69 Å². The van der Waals surface area contributed by atoms with Gasteiger partial charge in [-0.1, -0.05) is 12.1 Å². The van der Waals surface area contributed by atoms with Crippen LogP contribution in [0, 0.1) is 0 Å². The Morgan fingerprint density at radius 3 is 2.55 bits per heavy atom. The average Bonchev–Trinajstić information content (AvgIpc) is 3.49. The SMILES string of the molecule is CC(=O)N1/C(=C/c2cc(-c3ncn(C)n3)c3cc(C(=O)N4CCOCC4)ccc3n2)C(=O)c2ccccc21. The van der Waals surface area contributed by atoms with E-state index >= 15 is 0 Å². The monoisotopic (exact) mass is 508 g/mol. The van der Waals surface area contributed by atoms with Crippen LogP contribution in [0.15, 0.2) is 60.6 Å². The number of morpholine rings is 1. The summed E-state index contributed by atoms with van der Waals surface area (Å²) in [6, 6.07) is 14.1. The van der Waals surface area contributed by atoms with Crippen LogP contribution in [-0.2, 0) is 16.6 Å². The lowest BCUT2D eigenvalue weighted by Crippen LogP contribution is -2.40. The van der Waals surface area contributed by atoms with Crippen LogP contribution in [0.25, 0.3) is 28.4 Å². The number of carbonyl (C=O) groups excluding carboxylic acids is 3. The molecule has 0 N–H and O–H groups in total. The highest BCUT2D eigenvalue weighted by molar-refractivity contribution is 6.26. The first-order chi connectivity index (χ1) is 18.4. The quantitative estimate of drug-likeness (QED) is 0.391. The van der Waals surface area contributed by atoms with E-state index in [1.807, 2.05) is 0 Å². The van der Waals surface area contributed by atoms with Crippen LogP contribution in [0.3, 0.4) is 0 Å². The normalized spacial score (nSPS) is 16.4. The number of carbonyl (C=O) groups is 3. The zero-order valence-electron chi connectivity index (χ0n) is 20.9. The Bertz CT molecular complexity index is 1650. The van der Waals surface area contributed by atoms with E-state index < -0.39 is 0 Å². The van der Waals surface area contributed by atoms with Crippen molar-refractivity contribution in [2.75, 3.05) is 31.2 Å². The predicted octanol–water partition coefficient (Wildman–Crippen LogP) is 3.09. The van der Waals surface area contributed by atoms with Crippen molar-refractivity contribution in [3.05, 3.63) is 77.4 Å². The van der Waals surface area contributed by atoms with Crippen molar-refractivity contribution in [3.63, 3.8) is 0 Å². The number of hydrogen-bond donors (Lipinski definition) is 0. The number of amides is 2. The predicted molar refractivity (Wildman–Crippen MR) is 140 cm³/mol. The van der Waals surface area contributed by atoms with Gasteiger partial charge in [-0.25, -0.2) is 9.97 Å². The molecule has 0 radical (unpaired) electrons. The lowest BCUT2D eigenvalue weighted by atomic mass is 10.0. The van der Waals surface area contributed by atoms with E-state index in [0.29, 0.717) is 71.1 Å². The number of benzene rings is 2. The van der Waals surface area contributed by atoms with Crippen LogP contribution in [-0.4, -0.2) is 68.5 Å². The van der Waals surface area contributed by atoms with E-state index in [4.69, 9.17) is 9.72 Å². The number of para-hydroxylation sites is 1. The summed E-state index contributed by atoms with van der Waals surface area (Å²) in [6.45, 7) is 3.54. The smallest absolute Gasteiger partial charge is 0.254 e. The van der Waals surface area contributed by atoms with Gasteiger partial charge in [-0.2, -0.15) is 5.10 Å². The van der Waals surface area contributed by atoms with E-state index in [1.54, 1.807) is 77.6 Å². The Kier molecular flexibility index (Phi) is 5.80. The summed E-state index contributed by atoms with van der Waals surface area (Å²) in [6.07, 6.45) is 3.21. The fourth-order valence-electron chi connectivity index (χ4n) is 4.89. The highest BCUT2D eigenvalue weighted by Crippen LogP contribution is 2.36. The summed E-state index contributed by atoms with van der Waals surface area (Å²) in [5.74, 6) is -0.136. The molecule has 2 aromatic carbocycles. The van der Waals surface area contributed by atoms with Gasteiger partial charge in [-0.3, -0.25) is 24.0 Å². The number of nitrogens with zero attached hydrogens (tertiary/aromatic N) is 6. The number of pyridine rings is 1. The highest BCUT2D eigenvalue weighted by Gasteiger charge is 2.34. The molecular formula is C28H24N6O4. The molecule has 1 saturated heterocycles. The van der Waals surface area contributed by atoms with Gasteiger partial charge in [0.05, 0.1) is 35.8 Å². The number of aryl methyl sites for hydroxylation is 1. The van der Waals surface area contributed by atoms with Gasteiger partial charge in [-0.05, 0) is 42.5 Å². The number of Topliss-reactive ketones (excluding diaryl/α,β-unsaturated/α-hetero) is 1. The number of anilines is 1. The maximum atomic E-state index is 13.2. The van der Waals surface area contributed by atoms with Gasteiger partial charge >= 0.3 is 0 Å². The van der Waals surface area contributed by atoms with Crippen molar-refractivity contribution in [1.29, 1.82) is 0 Å². The molecule has 0 unspecified atom stereocenters. The third-order valence-electron chi connectivity index (χ3n) is 6.68. The van der Waals surface area contributed by atoms with Crippen molar-refractivity contribution in [1.82, 2.24) is 24.6 Å². The highest BCUT2D eigenvalue weighted by atomic mass is 16.5. The Balaban J connectivity index is 1.49. The van der Waals surface area contributed by atoms with E-state index in [2.05, 4.69) is 10.1 Å². The van der Waals surface area contributed by atoms with Crippen molar-refractivity contribution in [2.45, 2.75) is 6.92 Å². The standard InChI is InChI=1S/C28H24N6O4/c1-17(35)34-24-6-4-3-5-20(24)26(36)25(34)15-19-14-22(27-29-16-32(2)31-27)21-13-18(7-8-23(21)30-19)28(37)33-9-11-38-12-10-33/h3-8,13-16H,9-12H2,1-2H3/b25-15+. The van der Waals surface area contributed by atoms with Crippen LogP contribution >= 0.6 is 0 Å². The maximum absolute atomic E-state index is 13.2. The zero-order chi connectivity index (χ0) is 26.4. The maximum Gasteiger partial charge on any atom is 0.254 e. The van der Waals surface area contributed by atoms with Crippen LogP contribution in [0.1, 0.15) is 33.3 Å². The molecule has 2 aliphatic rings. The van der Waals surface area contributed by atoms with E-state index in [1.165, 1.54) is 11.8 Å². The summed E-state index contributed by atoms with van der Waals surface area (Å²) < 4.78 is 6.97. The second-order valence-electron chi connectivity index (χ2n) is 9.20. The topological polar surface area (TPSA) is 111 Å². The van der Waals surface area contributed by atoms with Gasteiger partial charge in [-0.15, -0.1) is 0 Å². The second-order valence-corrected chi connectivity index (χ2v) is 9.20. The van der Waals surface area contributed by atoms with Gasteiger partial charge < -0.3 is 9.64 Å².